The number of amides is 1. The number of carbonyl (C=O) groups is 1. The molecule has 3 rings (SSSR count). The second-order valence-electron chi connectivity index (χ2n) is 5.39. The van der Waals surface area contributed by atoms with E-state index in [0.29, 0.717) is 16.9 Å². The van der Waals surface area contributed by atoms with Crippen LogP contribution >= 0.6 is 11.3 Å². The summed E-state index contributed by atoms with van der Waals surface area (Å²) in [6, 6.07) is 13.3. The summed E-state index contributed by atoms with van der Waals surface area (Å²) in [6.07, 6.45) is 5.50. The van der Waals surface area contributed by atoms with Crippen LogP contribution in [-0.4, -0.2) is 10.5 Å². The number of hydrogen-bond donors (Lipinski definition) is 0. The van der Waals surface area contributed by atoms with Crippen LogP contribution in [0.15, 0.2) is 47.5 Å². The highest BCUT2D eigenvalue weighted by Crippen LogP contribution is 2.23. The second-order valence-corrected chi connectivity index (χ2v) is 6.37. The number of aryl methyl sites for hydroxylation is 2. The largest absolute Gasteiger partial charge is 0.305 e. The van der Waals surface area contributed by atoms with Crippen LogP contribution in [0.25, 0.3) is 10.2 Å². The number of nitrogens with zero attached hydrogens (tertiary/aromatic N) is 2. The van der Waals surface area contributed by atoms with Crippen LogP contribution in [0.3, 0.4) is 0 Å². The zero-order valence-corrected chi connectivity index (χ0v) is 13.9. The Morgan fingerprint density at radius 3 is 2.70 bits per heavy atom. The van der Waals surface area contributed by atoms with Crippen LogP contribution < -0.4 is 4.80 Å². The highest BCUT2D eigenvalue weighted by atomic mass is 32.1. The SMILES string of the molecule is C#CCn1c(=NC(=O)c2ccccc2)sc2c(C)cc(C)cc21. The fourth-order valence-corrected chi connectivity index (χ4v) is 3.65. The molecule has 1 amide bonds. The summed E-state index contributed by atoms with van der Waals surface area (Å²) in [5, 5.41) is 0. The molecule has 0 saturated carbocycles. The number of thiazole rings is 1. The number of terminal acetylenes is 1. The first-order valence-corrected chi connectivity index (χ1v) is 8.10. The van der Waals surface area contributed by atoms with Crippen molar-refractivity contribution in [1.29, 1.82) is 0 Å². The van der Waals surface area contributed by atoms with Gasteiger partial charge in [-0.25, -0.2) is 0 Å². The minimum Gasteiger partial charge on any atom is -0.305 e. The molecule has 114 valence electrons. The van der Waals surface area contributed by atoms with E-state index in [2.05, 4.69) is 36.9 Å². The number of fused-ring (bicyclic) bond motifs is 1. The summed E-state index contributed by atoms with van der Waals surface area (Å²) in [7, 11) is 0. The van der Waals surface area contributed by atoms with Gasteiger partial charge in [0.1, 0.15) is 0 Å². The van der Waals surface area contributed by atoms with Crippen molar-refractivity contribution in [2.24, 2.45) is 4.99 Å². The molecule has 23 heavy (non-hydrogen) atoms. The van der Waals surface area contributed by atoms with E-state index >= 15 is 0 Å². The van der Waals surface area contributed by atoms with Gasteiger partial charge in [0.15, 0.2) is 4.80 Å². The molecule has 0 unspecified atom stereocenters. The molecule has 0 aliphatic rings. The minimum atomic E-state index is -0.252. The molecular formula is C19H16N2OS. The van der Waals surface area contributed by atoms with E-state index in [-0.39, 0.29) is 5.91 Å². The zero-order valence-electron chi connectivity index (χ0n) is 13.0. The van der Waals surface area contributed by atoms with Crippen LogP contribution in [0.2, 0.25) is 0 Å². The first kappa shape index (κ1) is 15.3. The summed E-state index contributed by atoms with van der Waals surface area (Å²) in [4.78, 5) is 17.3. The van der Waals surface area contributed by atoms with Gasteiger partial charge in [0.05, 0.1) is 16.8 Å². The summed E-state index contributed by atoms with van der Waals surface area (Å²) < 4.78 is 3.05. The van der Waals surface area contributed by atoms with Gasteiger partial charge in [-0.1, -0.05) is 41.5 Å². The van der Waals surface area contributed by atoms with E-state index in [1.807, 2.05) is 22.8 Å². The maximum Gasteiger partial charge on any atom is 0.279 e. The van der Waals surface area contributed by atoms with Gasteiger partial charge in [-0.2, -0.15) is 4.99 Å². The Morgan fingerprint density at radius 2 is 2.00 bits per heavy atom. The molecule has 0 bridgehead atoms. The Bertz CT molecular complexity index is 988. The predicted molar refractivity (Wildman–Crippen MR) is 94.5 cm³/mol. The fourth-order valence-electron chi connectivity index (χ4n) is 2.57. The molecule has 0 aliphatic heterocycles. The number of carbonyl (C=O) groups excluding carboxylic acids is 1. The van der Waals surface area contributed by atoms with Gasteiger partial charge in [-0.3, -0.25) is 4.79 Å². The summed E-state index contributed by atoms with van der Waals surface area (Å²) in [5.74, 6) is 2.40. The number of benzene rings is 2. The first-order chi connectivity index (χ1) is 11.1. The number of hydrogen-bond acceptors (Lipinski definition) is 2. The smallest absolute Gasteiger partial charge is 0.279 e. The maximum atomic E-state index is 12.4. The zero-order chi connectivity index (χ0) is 16.4. The Kier molecular flexibility index (Phi) is 4.14. The third-order valence-corrected chi connectivity index (χ3v) is 4.81. The lowest BCUT2D eigenvalue weighted by molar-refractivity contribution is 0.0998. The van der Waals surface area contributed by atoms with Crippen molar-refractivity contribution < 1.29 is 4.79 Å². The Balaban J connectivity index is 2.23. The standard InChI is InChI=1S/C19H16N2OS/c1-4-10-21-16-12-13(2)11-14(3)17(16)23-19(21)20-18(22)15-8-6-5-7-9-15/h1,5-9,11-12H,10H2,2-3H3. The lowest BCUT2D eigenvalue weighted by Gasteiger charge is -2.02. The number of aromatic nitrogens is 1. The third-order valence-electron chi connectivity index (χ3n) is 3.58. The highest BCUT2D eigenvalue weighted by Gasteiger charge is 2.10. The lowest BCUT2D eigenvalue weighted by atomic mass is 10.1. The molecule has 1 aromatic heterocycles. The molecule has 0 fully saturated rings. The van der Waals surface area contributed by atoms with Gasteiger partial charge in [0.25, 0.3) is 5.91 Å². The molecule has 2 aromatic carbocycles. The van der Waals surface area contributed by atoms with Gasteiger partial charge in [-0.15, -0.1) is 6.42 Å². The molecule has 0 aliphatic carbocycles. The van der Waals surface area contributed by atoms with E-state index in [1.165, 1.54) is 22.5 Å². The molecule has 0 saturated heterocycles. The van der Waals surface area contributed by atoms with Crippen molar-refractivity contribution in [2.45, 2.75) is 20.4 Å². The summed E-state index contributed by atoms with van der Waals surface area (Å²) in [5.41, 5.74) is 3.94. The van der Waals surface area contributed by atoms with Crippen LogP contribution in [0.4, 0.5) is 0 Å². The molecule has 3 aromatic rings. The van der Waals surface area contributed by atoms with Crippen molar-refractivity contribution in [3.05, 3.63) is 64.0 Å². The minimum absolute atomic E-state index is 0.252. The van der Waals surface area contributed by atoms with Crippen LogP contribution in [-0.2, 0) is 6.54 Å². The molecule has 0 N–H and O–H groups in total. The monoisotopic (exact) mass is 320 g/mol. The summed E-state index contributed by atoms with van der Waals surface area (Å²) >= 11 is 1.50. The van der Waals surface area contributed by atoms with E-state index < -0.39 is 0 Å². The average molecular weight is 320 g/mol. The third kappa shape index (κ3) is 2.96. The quantitative estimate of drug-likeness (QED) is 0.663. The molecule has 1 heterocycles. The van der Waals surface area contributed by atoms with Crippen LogP contribution in [0.5, 0.6) is 0 Å². The second kappa shape index (κ2) is 6.23. The predicted octanol–water partition coefficient (Wildman–Crippen LogP) is 3.69. The normalized spacial score (nSPS) is 11.6. The van der Waals surface area contributed by atoms with Gasteiger partial charge in [-0.05, 0) is 43.2 Å². The Labute approximate surface area is 138 Å². The van der Waals surface area contributed by atoms with Crippen molar-refractivity contribution >= 4 is 27.5 Å². The highest BCUT2D eigenvalue weighted by molar-refractivity contribution is 7.16. The van der Waals surface area contributed by atoms with Crippen molar-refractivity contribution in [3.8, 4) is 12.3 Å². The van der Waals surface area contributed by atoms with E-state index in [0.717, 1.165) is 10.2 Å². The lowest BCUT2D eigenvalue weighted by Crippen LogP contribution is -2.16. The Morgan fingerprint density at radius 1 is 1.26 bits per heavy atom. The number of rotatable bonds is 2. The first-order valence-electron chi connectivity index (χ1n) is 7.28. The molecule has 3 nitrogen and oxygen atoms in total. The average Bonchev–Trinajstić information content (AvgIpc) is 2.87. The van der Waals surface area contributed by atoms with E-state index in [4.69, 9.17) is 6.42 Å². The van der Waals surface area contributed by atoms with Crippen LogP contribution in [0, 0.1) is 26.2 Å². The van der Waals surface area contributed by atoms with Gasteiger partial charge in [0.2, 0.25) is 0 Å². The van der Waals surface area contributed by atoms with E-state index in [1.54, 1.807) is 12.1 Å². The molecule has 0 radical (unpaired) electrons. The molecule has 0 spiro atoms. The fraction of sp³-hybridized carbons (Fsp3) is 0.158. The van der Waals surface area contributed by atoms with Crippen LogP contribution in [0.1, 0.15) is 21.5 Å². The van der Waals surface area contributed by atoms with E-state index in [9.17, 15) is 4.79 Å². The Hall–Kier alpha value is -2.64. The molecule has 0 atom stereocenters. The molecular weight excluding hydrogens is 304 g/mol. The van der Waals surface area contributed by atoms with Crippen molar-refractivity contribution in [3.63, 3.8) is 0 Å². The van der Waals surface area contributed by atoms with Crippen molar-refractivity contribution in [1.82, 2.24) is 4.57 Å². The maximum absolute atomic E-state index is 12.4. The van der Waals surface area contributed by atoms with Gasteiger partial charge >= 0.3 is 0 Å². The molecule has 4 heteroatoms. The van der Waals surface area contributed by atoms with Gasteiger partial charge in [0, 0.05) is 5.56 Å². The van der Waals surface area contributed by atoms with Crippen molar-refractivity contribution in [2.75, 3.05) is 0 Å². The van der Waals surface area contributed by atoms with Gasteiger partial charge < -0.3 is 4.57 Å². The summed E-state index contributed by atoms with van der Waals surface area (Å²) in [6.45, 7) is 4.51. The topological polar surface area (TPSA) is 34.4 Å².